The molecular formula is C17H30N2O3. The number of amides is 2. The van der Waals surface area contributed by atoms with Crippen LogP contribution in [0.5, 0.6) is 0 Å². The minimum absolute atomic E-state index is 0.215. The van der Waals surface area contributed by atoms with Crippen molar-refractivity contribution in [1.82, 2.24) is 10.6 Å². The summed E-state index contributed by atoms with van der Waals surface area (Å²) >= 11 is 0. The molecule has 2 N–H and O–H groups in total. The van der Waals surface area contributed by atoms with Gasteiger partial charge in [-0.2, -0.15) is 0 Å². The summed E-state index contributed by atoms with van der Waals surface area (Å²) in [5, 5.41) is 5.67. The number of carbonyl (C=O) groups is 2. The van der Waals surface area contributed by atoms with Crippen LogP contribution in [-0.2, 0) is 14.3 Å². The van der Waals surface area contributed by atoms with Crippen molar-refractivity contribution in [2.75, 3.05) is 26.8 Å². The Balaban J connectivity index is 2.31. The van der Waals surface area contributed by atoms with E-state index in [0.717, 1.165) is 25.7 Å². The van der Waals surface area contributed by atoms with E-state index in [0.29, 0.717) is 19.7 Å². The maximum Gasteiger partial charge on any atom is 0.235 e. The molecule has 5 nitrogen and oxygen atoms in total. The third-order valence-electron chi connectivity index (χ3n) is 4.06. The van der Waals surface area contributed by atoms with Crippen molar-refractivity contribution in [1.29, 1.82) is 0 Å². The Morgan fingerprint density at radius 1 is 1.18 bits per heavy atom. The monoisotopic (exact) mass is 310 g/mol. The Labute approximate surface area is 133 Å². The number of hydrogen-bond donors (Lipinski definition) is 2. The highest BCUT2D eigenvalue weighted by molar-refractivity contribution is 6.04. The SMILES string of the molecule is COCCCNC(=O)C(C)(C)C(=O)NCCC1=CCCCC1. The van der Waals surface area contributed by atoms with Crippen LogP contribution in [0.1, 0.15) is 52.4 Å². The third-order valence-corrected chi connectivity index (χ3v) is 4.06. The zero-order valence-corrected chi connectivity index (χ0v) is 14.2. The smallest absolute Gasteiger partial charge is 0.235 e. The van der Waals surface area contributed by atoms with Gasteiger partial charge in [-0.05, 0) is 52.4 Å². The highest BCUT2D eigenvalue weighted by Gasteiger charge is 2.35. The van der Waals surface area contributed by atoms with Gasteiger partial charge in [-0.3, -0.25) is 9.59 Å². The van der Waals surface area contributed by atoms with Crippen LogP contribution in [0.15, 0.2) is 11.6 Å². The van der Waals surface area contributed by atoms with Crippen LogP contribution in [0.4, 0.5) is 0 Å². The molecule has 0 aromatic carbocycles. The van der Waals surface area contributed by atoms with E-state index in [2.05, 4.69) is 16.7 Å². The van der Waals surface area contributed by atoms with Gasteiger partial charge < -0.3 is 15.4 Å². The first-order valence-corrected chi connectivity index (χ1v) is 8.22. The molecule has 0 bridgehead atoms. The largest absolute Gasteiger partial charge is 0.385 e. The predicted molar refractivity (Wildman–Crippen MR) is 87.5 cm³/mol. The van der Waals surface area contributed by atoms with Crippen molar-refractivity contribution in [3.05, 3.63) is 11.6 Å². The van der Waals surface area contributed by atoms with Crippen LogP contribution >= 0.6 is 0 Å². The molecule has 1 aliphatic carbocycles. The number of nitrogens with one attached hydrogen (secondary N) is 2. The number of rotatable bonds is 9. The second kappa shape index (κ2) is 9.62. The number of carbonyl (C=O) groups excluding carboxylic acids is 2. The topological polar surface area (TPSA) is 67.4 Å². The van der Waals surface area contributed by atoms with Crippen molar-refractivity contribution in [3.8, 4) is 0 Å². The van der Waals surface area contributed by atoms with Gasteiger partial charge in [-0.15, -0.1) is 0 Å². The zero-order valence-electron chi connectivity index (χ0n) is 14.2. The average molecular weight is 310 g/mol. The number of methoxy groups -OCH3 is 1. The summed E-state index contributed by atoms with van der Waals surface area (Å²) in [7, 11) is 1.63. The second-order valence-corrected chi connectivity index (χ2v) is 6.34. The number of hydrogen-bond acceptors (Lipinski definition) is 3. The molecule has 0 radical (unpaired) electrons. The lowest BCUT2D eigenvalue weighted by molar-refractivity contribution is -0.141. The van der Waals surface area contributed by atoms with Crippen molar-refractivity contribution in [2.45, 2.75) is 52.4 Å². The molecule has 1 aliphatic rings. The molecule has 126 valence electrons. The zero-order chi connectivity index (χ0) is 16.4. The lowest BCUT2D eigenvalue weighted by Crippen LogP contribution is -2.48. The van der Waals surface area contributed by atoms with Crippen LogP contribution in [0.2, 0.25) is 0 Å². The highest BCUT2D eigenvalue weighted by atomic mass is 16.5. The van der Waals surface area contributed by atoms with Crippen molar-refractivity contribution < 1.29 is 14.3 Å². The first-order chi connectivity index (χ1) is 10.5. The fraction of sp³-hybridized carbons (Fsp3) is 0.765. The molecule has 0 aliphatic heterocycles. The minimum Gasteiger partial charge on any atom is -0.385 e. The molecule has 0 fully saturated rings. The van der Waals surface area contributed by atoms with Gasteiger partial charge in [0, 0.05) is 26.8 Å². The van der Waals surface area contributed by atoms with E-state index in [4.69, 9.17) is 4.74 Å². The van der Waals surface area contributed by atoms with E-state index < -0.39 is 5.41 Å². The van der Waals surface area contributed by atoms with Crippen LogP contribution in [-0.4, -0.2) is 38.6 Å². The minimum atomic E-state index is -1.05. The van der Waals surface area contributed by atoms with Crippen molar-refractivity contribution in [2.24, 2.45) is 5.41 Å². The number of allylic oxidation sites excluding steroid dienone is 1. The van der Waals surface area contributed by atoms with Gasteiger partial charge in [0.25, 0.3) is 0 Å². The van der Waals surface area contributed by atoms with Crippen LogP contribution < -0.4 is 10.6 Å². The van der Waals surface area contributed by atoms with E-state index in [1.54, 1.807) is 21.0 Å². The Morgan fingerprint density at radius 2 is 1.86 bits per heavy atom. The fourth-order valence-corrected chi connectivity index (χ4v) is 2.43. The molecule has 0 spiro atoms. The molecule has 2 amide bonds. The molecule has 22 heavy (non-hydrogen) atoms. The Hall–Kier alpha value is -1.36. The lowest BCUT2D eigenvalue weighted by Gasteiger charge is -2.23. The molecule has 5 heteroatoms. The van der Waals surface area contributed by atoms with Crippen LogP contribution in [0, 0.1) is 5.41 Å². The molecule has 0 aromatic heterocycles. The summed E-state index contributed by atoms with van der Waals surface area (Å²) in [5.74, 6) is -0.453. The maximum atomic E-state index is 12.2. The Kier molecular flexibility index (Phi) is 8.17. The summed E-state index contributed by atoms with van der Waals surface area (Å²) < 4.78 is 4.93. The number of ether oxygens (including phenoxy) is 1. The molecular weight excluding hydrogens is 280 g/mol. The molecule has 0 heterocycles. The summed E-state index contributed by atoms with van der Waals surface area (Å²) in [6, 6.07) is 0. The summed E-state index contributed by atoms with van der Waals surface area (Å²) in [4.78, 5) is 24.3. The molecule has 0 unspecified atom stereocenters. The van der Waals surface area contributed by atoms with Crippen molar-refractivity contribution in [3.63, 3.8) is 0 Å². The lowest BCUT2D eigenvalue weighted by atomic mass is 9.90. The highest BCUT2D eigenvalue weighted by Crippen LogP contribution is 2.20. The third kappa shape index (κ3) is 6.18. The Morgan fingerprint density at radius 3 is 2.45 bits per heavy atom. The summed E-state index contributed by atoms with van der Waals surface area (Å²) in [5.41, 5.74) is 0.377. The van der Waals surface area contributed by atoms with Gasteiger partial charge in [-0.25, -0.2) is 0 Å². The van der Waals surface area contributed by atoms with E-state index in [1.165, 1.54) is 18.4 Å². The molecule has 0 saturated carbocycles. The fourth-order valence-electron chi connectivity index (χ4n) is 2.43. The van der Waals surface area contributed by atoms with Crippen LogP contribution in [0.3, 0.4) is 0 Å². The summed E-state index contributed by atoms with van der Waals surface area (Å²) in [6.07, 6.45) is 8.72. The van der Waals surface area contributed by atoms with Gasteiger partial charge in [-0.1, -0.05) is 11.6 Å². The van der Waals surface area contributed by atoms with Gasteiger partial charge >= 0.3 is 0 Å². The second-order valence-electron chi connectivity index (χ2n) is 6.34. The molecule has 0 saturated heterocycles. The van der Waals surface area contributed by atoms with E-state index in [-0.39, 0.29) is 11.8 Å². The average Bonchev–Trinajstić information content (AvgIpc) is 2.52. The first kappa shape index (κ1) is 18.7. The first-order valence-electron chi connectivity index (χ1n) is 8.22. The van der Waals surface area contributed by atoms with E-state index in [9.17, 15) is 9.59 Å². The molecule has 0 aromatic rings. The normalized spacial score (nSPS) is 15.1. The van der Waals surface area contributed by atoms with E-state index in [1.807, 2.05) is 0 Å². The van der Waals surface area contributed by atoms with Gasteiger partial charge in [0.2, 0.25) is 11.8 Å². The van der Waals surface area contributed by atoms with Crippen molar-refractivity contribution >= 4 is 11.8 Å². The van der Waals surface area contributed by atoms with Crippen LogP contribution in [0.25, 0.3) is 0 Å². The van der Waals surface area contributed by atoms with Gasteiger partial charge in [0.15, 0.2) is 0 Å². The maximum absolute atomic E-state index is 12.2. The summed E-state index contributed by atoms with van der Waals surface area (Å²) in [6.45, 7) is 5.05. The molecule has 0 atom stereocenters. The van der Waals surface area contributed by atoms with Gasteiger partial charge in [0.05, 0.1) is 0 Å². The van der Waals surface area contributed by atoms with E-state index >= 15 is 0 Å². The molecule has 1 rings (SSSR count). The standard InChI is InChI=1S/C17H30N2O3/c1-17(2,15(20)18-11-7-13-22-3)16(21)19-12-10-14-8-5-4-6-9-14/h8H,4-7,9-13H2,1-3H3,(H,18,20)(H,19,21). The quantitative estimate of drug-likeness (QED) is 0.390. The Bertz CT molecular complexity index is 403. The predicted octanol–water partition coefficient (Wildman–Crippen LogP) is 2.17. The van der Waals surface area contributed by atoms with Gasteiger partial charge in [0.1, 0.15) is 5.41 Å².